The van der Waals surface area contributed by atoms with Crippen molar-refractivity contribution in [2.24, 2.45) is 0 Å². The van der Waals surface area contributed by atoms with Gasteiger partial charge in [-0.25, -0.2) is 15.0 Å². The summed E-state index contributed by atoms with van der Waals surface area (Å²) in [6.07, 6.45) is 2.76. The van der Waals surface area contributed by atoms with E-state index in [0.717, 1.165) is 31.2 Å². The molecule has 2 N–H and O–H groups in total. The second-order valence-corrected chi connectivity index (χ2v) is 7.13. The van der Waals surface area contributed by atoms with Gasteiger partial charge < -0.3 is 5.73 Å². The smallest absolute Gasteiger partial charge is 0.222 e. The highest BCUT2D eigenvalue weighted by Crippen LogP contribution is 2.35. The van der Waals surface area contributed by atoms with E-state index in [-0.39, 0.29) is 0 Å². The van der Waals surface area contributed by atoms with E-state index in [9.17, 15) is 0 Å². The van der Waals surface area contributed by atoms with E-state index in [4.69, 9.17) is 5.73 Å². The molecule has 0 unspecified atom stereocenters. The van der Waals surface area contributed by atoms with Crippen LogP contribution >= 0.6 is 39.0 Å². The highest BCUT2D eigenvalue weighted by atomic mass is 79.9. The summed E-state index contributed by atoms with van der Waals surface area (Å²) in [6.45, 7) is 2.13. The molecule has 7 heteroatoms. The molecule has 0 aromatic carbocycles. The molecule has 0 saturated heterocycles. The van der Waals surface area contributed by atoms with Gasteiger partial charge in [0.1, 0.15) is 14.9 Å². The Labute approximate surface area is 133 Å². The van der Waals surface area contributed by atoms with Crippen molar-refractivity contribution in [1.29, 1.82) is 0 Å². The topological polar surface area (TPSA) is 64.7 Å². The Balaban J connectivity index is 2.05. The number of hydrogen-bond donors (Lipinski definition) is 1. The van der Waals surface area contributed by atoms with Gasteiger partial charge in [0.15, 0.2) is 0 Å². The zero-order valence-corrected chi connectivity index (χ0v) is 13.8. The van der Waals surface area contributed by atoms with Crippen LogP contribution in [0, 0.1) is 0 Å². The monoisotopic (exact) mass is 366 g/mol. The van der Waals surface area contributed by atoms with Gasteiger partial charge in [-0.1, -0.05) is 6.92 Å². The normalized spacial score (nSPS) is 11.1. The summed E-state index contributed by atoms with van der Waals surface area (Å²) in [4.78, 5) is 15.2. The van der Waals surface area contributed by atoms with E-state index >= 15 is 0 Å². The molecule has 0 amide bonds. The van der Waals surface area contributed by atoms with Crippen molar-refractivity contribution in [1.82, 2.24) is 15.0 Å². The molecule has 0 saturated carbocycles. The van der Waals surface area contributed by atoms with Crippen LogP contribution in [0.1, 0.15) is 11.8 Å². The molecule has 0 radical (unpaired) electrons. The number of fused-ring (bicyclic) bond motifs is 1. The van der Waals surface area contributed by atoms with Crippen LogP contribution in [-0.4, -0.2) is 15.0 Å². The maximum atomic E-state index is 5.80. The van der Waals surface area contributed by atoms with Gasteiger partial charge in [-0.15, -0.1) is 11.3 Å². The summed E-state index contributed by atoms with van der Waals surface area (Å²) in [7, 11) is 0. The van der Waals surface area contributed by atoms with Gasteiger partial charge in [-0.05, 0) is 52.3 Å². The van der Waals surface area contributed by atoms with Crippen LogP contribution in [-0.2, 0) is 6.42 Å². The van der Waals surface area contributed by atoms with Crippen LogP contribution in [0.3, 0.4) is 0 Å². The Hall–Kier alpha value is -1.18. The van der Waals surface area contributed by atoms with E-state index in [2.05, 4.69) is 43.9 Å². The van der Waals surface area contributed by atoms with Gasteiger partial charge in [-0.2, -0.15) is 0 Å². The highest BCUT2D eigenvalue weighted by molar-refractivity contribution is 9.10. The Morgan fingerprint density at radius 3 is 2.90 bits per heavy atom. The van der Waals surface area contributed by atoms with E-state index in [1.807, 2.05) is 12.1 Å². The molecule has 0 spiro atoms. The summed E-state index contributed by atoms with van der Waals surface area (Å²) in [5.41, 5.74) is 5.80. The minimum Gasteiger partial charge on any atom is -0.368 e. The first-order valence-electron chi connectivity index (χ1n) is 6.01. The molecule has 20 heavy (non-hydrogen) atoms. The zero-order chi connectivity index (χ0) is 14.1. The Kier molecular flexibility index (Phi) is 3.91. The number of pyridine rings is 1. The molecule has 0 bridgehead atoms. The van der Waals surface area contributed by atoms with Crippen molar-refractivity contribution >= 4 is 55.2 Å². The predicted molar refractivity (Wildman–Crippen MR) is 87.3 cm³/mol. The molecule has 0 aliphatic carbocycles. The number of anilines is 1. The van der Waals surface area contributed by atoms with Gasteiger partial charge in [0.2, 0.25) is 5.95 Å². The van der Waals surface area contributed by atoms with Gasteiger partial charge in [0, 0.05) is 20.9 Å². The standard InChI is InChI=1S/C13H11BrN4S2/c1-2-8-5-9-11(19-8)17-13(15)18-12(9)20-10-4-3-7(14)6-16-10/h3-6H,2H2,1H3,(H2,15,17,18). The molecule has 3 rings (SSSR count). The first-order valence-corrected chi connectivity index (χ1v) is 8.43. The molecule has 0 atom stereocenters. The lowest BCUT2D eigenvalue weighted by Crippen LogP contribution is -1.95. The van der Waals surface area contributed by atoms with Crippen LogP contribution in [0.25, 0.3) is 10.2 Å². The SMILES string of the molecule is CCc1cc2c(Sc3ccc(Br)cn3)nc(N)nc2s1. The lowest BCUT2D eigenvalue weighted by molar-refractivity contribution is 1.09. The molecule has 0 fully saturated rings. The number of nitrogen functional groups attached to an aromatic ring is 1. The lowest BCUT2D eigenvalue weighted by atomic mass is 10.3. The number of hydrogen-bond acceptors (Lipinski definition) is 6. The zero-order valence-electron chi connectivity index (χ0n) is 10.6. The summed E-state index contributed by atoms with van der Waals surface area (Å²) in [6, 6.07) is 6.05. The summed E-state index contributed by atoms with van der Waals surface area (Å²) in [5, 5.41) is 2.80. The van der Waals surface area contributed by atoms with Crippen LogP contribution in [0.15, 0.2) is 38.9 Å². The minimum atomic E-state index is 0.307. The molecule has 102 valence electrons. The number of aromatic nitrogens is 3. The quantitative estimate of drug-likeness (QED) is 0.705. The average molecular weight is 367 g/mol. The number of aryl methyl sites for hydroxylation is 1. The van der Waals surface area contributed by atoms with Gasteiger partial charge >= 0.3 is 0 Å². The Morgan fingerprint density at radius 1 is 1.35 bits per heavy atom. The predicted octanol–water partition coefficient (Wildman–Crippen LogP) is 4.14. The van der Waals surface area contributed by atoms with Crippen molar-refractivity contribution in [3.63, 3.8) is 0 Å². The summed E-state index contributed by atoms with van der Waals surface area (Å²) < 4.78 is 0.956. The van der Waals surface area contributed by atoms with Crippen molar-refractivity contribution < 1.29 is 0 Å². The van der Waals surface area contributed by atoms with E-state index in [1.165, 1.54) is 16.6 Å². The maximum Gasteiger partial charge on any atom is 0.222 e. The summed E-state index contributed by atoms with van der Waals surface area (Å²) in [5.74, 6) is 0.307. The molecule has 0 aliphatic rings. The summed E-state index contributed by atoms with van der Waals surface area (Å²) >= 11 is 6.55. The first-order chi connectivity index (χ1) is 9.65. The van der Waals surface area contributed by atoms with Crippen LogP contribution < -0.4 is 5.73 Å². The molecule has 3 heterocycles. The Morgan fingerprint density at radius 2 is 2.20 bits per heavy atom. The lowest BCUT2D eigenvalue weighted by Gasteiger charge is -2.02. The number of rotatable bonds is 3. The van der Waals surface area contributed by atoms with Crippen molar-refractivity contribution in [3.05, 3.63) is 33.7 Å². The van der Waals surface area contributed by atoms with E-state index in [0.29, 0.717) is 5.95 Å². The number of nitrogens with two attached hydrogens (primary N) is 1. The largest absolute Gasteiger partial charge is 0.368 e. The van der Waals surface area contributed by atoms with Gasteiger partial charge in [0.25, 0.3) is 0 Å². The fourth-order valence-electron chi connectivity index (χ4n) is 1.73. The number of halogens is 1. The molecule has 4 nitrogen and oxygen atoms in total. The average Bonchev–Trinajstić information content (AvgIpc) is 2.84. The second kappa shape index (κ2) is 5.67. The van der Waals surface area contributed by atoms with Crippen molar-refractivity contribution in [2.45, 2.75) is 23.4 Å². The van der Waals surface area contributed by atoms with Crippen molar-refractivity contribution in [2.75, 3.05) is 5.73 Å². The molecule has 0 aliphatic heterocycles. The third kappa shape index (κ3) is 2.79. The fraction of sp³-hybridized carbons (Fsp3) is 0.154. The van der Waals surface area contributed by atoms with Crippen LogP contribution in [0.2, 0.25) is 0 Å². The second-order valence-electron chi connectivity index (χ2n) is 4.09. The van der Waals surface area contributed by atoms with Crippen molar-refractivity contribution in [3.8, 4) is 0 Å². The molecule has 3 aromatic rings. The number of nitrogens with zero attached hydrogens (tertiary/aromatic N) is 3. The van der Waals surface area contributed by atoms with Gasteiger partial charge in [0.05, 0.1) is 0 Å². The first kappa shape index (κ1) is 13.8. The van der Waals surface area contributed by atoms with Gasteiger partial charge in [-0.3, -0.25) is 0 Å². The highest BCUT2D eigenvalue weighted by Gasteiger charge is 2.12. The number of thiophene rings is 1. The minimum absolute atomic E-state index is 0.307. The molecular weight excluding hydrogens is 356 g/mol. The molecular formula is C13H11BrN4S2. The van der Waals surface area contributed by atoms with E-state index in [1.54, 1.807) is 17.5 Å². The molecule has 3 aromatic heterocycles. The van der Waals surface area contributed by atoms with E-state index < -0.39 is 0 Å². The van der Waals surface area contributed by atoms with Crippen LogP contribution in [0.5, 0.6) is 0 Å². The third-order valence-corrected chi connectivity index (χ3v) is 5.27. The Bertz CT molecular complexity index is 755. The maximum absolute atomic E-state index is 5.80. The third-order valence-electron chi connectivity index (χ3n) is 2.68. The van der Waals surface area contributed by atoms with Crippen LogP contribution in [0.4, 0.5) is 5.95 Å². The fourth-order valence-corrected chi connectivity index (χ4v) is 3.85.